The molecule has 0 saturated carbocycles. The van der Waals surface area contributed by atoms with E-state index in [0.717, 1.165) is 5.69 Å². The van der Waals surface area contributed by atoms with Crippen molar-refractivity contribution in [2.75, 3.05) is 13.1 Å². The Morgan fingerprint density at radius 2 is 2.50 bits per heavy atom. The largest absolute Gasteiger partial charge is 0.485 e. The van der Waals surface area contributed by atoms with Crippen molar-refractivity contribution in [2.24, 2.45) is 0 Å². The van der Waals surface area contributed by atoms with Crippen LogP contribution < -0.4 is 0 Å². The van der Waals surface area contributed by atoms with E-state index >= 15 is 0 Å². The molecule has 0 bridgehead atoms. The fourth-order valence-electron chi connectivity index (χ4n) is 2.32. The maximum Gasteiger partial charge on any atom is 0.407 e. The average Bonchev–Trinajstić information content (AvgIpc) is 2.86. The van der Waals surface area contributed by atoms with Crippen LogP contribution in [0.2, 0.25) is 0 Å². The Hall–Kier alpha value is -1.98. The van der Waals surface area contributed by atoms with Crippen molar-refractivity contribution in [1.29, 1.82) is 0 Å². The molecule has 1 saturated heterocycles. The molecule has 16 heavy (non-hydrogen) atoms. The second-order valence-corrected chi connectivity index (χ2v) is 4.01. The summed E-state index contributed by atoms with van der Waals surface area (Å²) >= 11 is 0. The minimum atomic E-state index is -0.902. The Balaban J connectivity index is 1.97. The van der Waals surface area contributed by atoms with Gasteiger partial charge in [-0.05, 0) is 6.07 Å². The van der Waals surface area contributed by atoms with Crippen LogP contribution in [0.3, 0.4) is 0 Å². The Labute approximate surface area is 91.7 Å². The van der Waals surface area contributed by atoms with E-state index in [1.807, 2.05) is 6.07 Å². The van der Waals surface area contributed by atoms with Gasteiger partial charge < -0.3 is 14.7 Å². The molecule has 1 aromatic rings. The van der Waals surface area contributed by atoms with Gasteiger partial charge >= 0.3 is 6.09 Å². The Morgan fingerprint density at radius 3 is 3.25 bits per heavy atom. The second-order valence-electron chi connectivity index (χ2n) is 4.01. The topological polar surface area (TPSA) is 67.6 Å². The molecule has 6 nitrogen and oxygen atoms in total. The van der Waals surface area contributed by atoms with Crippen molar-refractivity contribution in [3.63, 3.8) is 0 Å². The Kier molecular flexibility index (Phi) is 1.74. The van der Waals surface area contributed by atoms with Crippen LogP contribution in [-0.4, -0.2) is 39.0 Å². The molecule has 3 rings (SSSR count). The molecule has 84 valence electrons. The predicted octanol–water partition coefficient (Wildman–Crippen LogP) is 0.920. The van der Waals surface area contributed by atoms with Crippen LogP contribution in [0, 0.1) is 0 Å². The first-order valence-corrected chi connectivity index (χ1v) is 5.08. The summed E-state index contributed by atoms with van der Waals surface area (Å²) in [7, 11) is 0. The number of likely N-dealkylation sites (tertiary alicyclic amines) is 1. The molecule has 0 aliphatic carbocycles. The summed E-state index contributed by atoms with van der Waals surface area (Å²) in [6.07, 6.45) is 4.76. The van der Waals surface area contributed by atoms with E-state index in [4.69, 9.17) is 9.84 Å². The summed E-state index contributed by atoms with van der Waals surface area (Å²) in [6, 6.07) is 1.87. The number of fused-ring (bicyclic) bond motifs is 2. The summed E-state index contributed by atoms with van der Waals surface area (Å²) in [5.74, 6) is 0. The van der Waals surface area contributed by atoms with Crippen LogP contribution in [0.25, 0.3) is 6.20 Å². The van der Waals surface area contributed by atoms with Crippen LogP contribution >= 0.6 is 0 Å². The normalized spacial score (nSPS) is 26.9. The van der Waals surface area contributed by atoms with E-state index in [1.165, 1.54) is 4.90 Å². The number of aromatic nitrogens is 2. The van der Waals surface area contributed by atoms with Gasteiger partial charge in [0.05, 0.1) is 18.4 Å². The number of hydrogen-bond donors (Lipinski definition) is 1. The van der Waals surface area contributed by atoms with Crippen molar-refractivity contribution in [1.82, 2.24) is 14.7 Å². The molecule has 6 heteroatoms. The highest BCUT2D eigenvalue weighted by Crippen LogP contribution is 2.38. The van der Waals surface area contributed by atoms with E-state index in [2.05, 4.69) is 5.10 Å². The lowest BCUT2D eigenvalue weighted by molar-refractivity contribution is 0.0165. The lowest BCUT2D eigenvalue weighted by atomic mass is 9.98. The van der Waals surface area contributed by atoms with Crippen molar-refractivity contribution < 1.29 is 14.6 Å². The zero-order valence-electron chi connectivity index (χ0n) is 8.54. The monoisotopic (exact) mass is 221 g/mol. The maximum absolute atomic E-state index is 10.9. The third kappa shape index (κ3) is 1.13. The minimum Gasteiger partial charge on any atom is -0.485 e. The van der Waals surface area contributed by atoms with Gasteiger partial charge in [0.15, 0.2) is 5.60 Å². The highest BCUT2D eigenvalue weighted by Gasteiger charge is 2.46. The van der Waals surface area contributed by atoms with Crippen molar-refractivity contribution >= 4 is 12.3 Å². The van der Waals surface area contributed by atoms with Crippen molar-refractivity contribution in [3.05, 3.63) is 24.2 Å². The van der Waals surface area contributed by atoms with Crippen LogP contribution in [0.5, 0.6) is 0 Å². The van der Waals surface area contributed by atoms with Gasteiger partial charge in [0.2, 0.25) is 0 Å². The molecule has 1 unspecified atom stereocenters. The van der Waals surface area contributed by atoms with Gasteiger partial charge in [-0.3, -0.25) is 0 Å². The number of carbonyl (C=O) groups is 1. The standard InChI is InChI=1S/C10H11N3O3/c14-9(15)12-4-2-10(7-12)8-1-3-11-13(8)5-6-16-10/h1,3,5-6H,2,4,7H2,(H,14,15). The number of rotatable bonds is 0. The lowest BCUT2D eigenvalue weighted by Crippen LogP contribution is -2.37. The van der Waals surface area contributed by atoms with Gasteiger partial charge in [-0.1, -0.05) is 0 Å². The fraction of sp³-hybridized carbons (Fsp3) is 0.400. The number of nitrogens with zero attached hydrogens (tertiary/aromatic N) is 3. The molecule has 3 heterocycles. The van der Waals surface area contributed by atoms with Crippen molar-refractivity contribution in [2.45, 2.75) is 12.0 Å². The number of amides is 1. The fourth-order valence-corrected chi connectivity index (χ4v) is 2.32. The van der Waals surface area contributed by atoms with E-state index < -0.39 is 11.7 Å². The number of hydrogen-bond acceptors (Lipinski definition) is 3. The molecule has 1 spiro atoms. The zero-order chi connectivity index (χ0) is 11.2. The Morgan fingerprint density at radius 1 is 1.62 bits per heavy atom. The van der Waals surface area contributed by atoms with E-state index in [1.54, 1.807) is 23.3 Å². The van der Waals surface area contributed by atoms with Crippen LogP contribution in [0.4, 0.5) is 4.79 Å². The molecule has 1 atom stereocenters. The summed E-state index contributed by atoms with van der Waals surface area (Å²) in [5.41, 5.74) is 0.364. The third-order valence-electron chi connectivity index (χ3n) is 3.14. The zero-order valence-corrected chi connectivity index (χ0v) is 8.54. The minimum absolute atomic E-state index is 0.359. The summed E-state index contributed by atoms with van der Waals surface area (Å²) in [5, 5.41) is 13.1. The predicted molar refractivity (Wildman–Crippen MR) is 54.5 cm³/mol. The second kappa shape index (κ2) is 3.01. The molecule has 2 aliphatic heterocycles. The molecule has 2 aliphatic rings. The summed E-state index contributed by atoms with van der Waals surface area (Å²) in [6.45, 7) is 0.854. The first-order valence-electron chi connectivity index (χ1n) is 5.08. The van der Waals surface area contributed by atoms with Gasteiger partial charge in [-0.15, -0.1) is 0 Å². The first kappa shape index (κ1) is 9.26. The molecule has 1 N–H and O–H groups in total. The quantitative estimate of drug-likeness (QED) is 0.707. The smallest absolute Gasteiger partial charge is 0.407 e. The van der Waals surface area contributed by atoms with E-state index in [0.29, 0.717) is 19.5 Å². The molecule has 0 radical (unpaired) electrons. The van der Waals surface area contributed by atoms with Crippen LogP contribution in [0.1, 0.15) is 12.1 Å². The van der Waals surface area contributed by atoms with Crippen LogP contribution in [0.15, 0.2) is 18.5 Å². The maximum atomic E-state index is 10.9. The molecule has 1 fully saturated rings. The van der Waals surface area contributed by atoms with Crippen molar-refractivity contribution in [3.8, 4) is 0 Å². The molecule has 1 amide bonds. The SMILES string of the molecule is O=C(O)N1CCC2(C1)OC=Cn1nccc12. The van der Waals surface area contributed by atoms with Gasteiger partial charge in [-0.25, -0.2) is 9.48 Å². The average molecular weight is 221 g/mol. The molecule has 0 aromatic carbocycles. The Bertz CT molecular complexity index is 468. The van der Waals surface area contributed by atoms with Gasteiger partial charge in [0, 0.05) is 19.2 Å². The number of ether oxygens (including phenoxy) is 1. The number of carboxylic acid groups (broad SMARTS) is 1. The summed E-state index contributed by atoms with van der Waals surface area (Å²) < 4.78 is 7.38. The third-order valence-corrected chi connectivity index (χ3v) is 3.14. The summed E-state index contributed by atoms with van der Waals surface area (Å²) in [4.78, 5) is 12.3. The molecular weight excluding hydrogens is 210 g/mol. The van der Waals surface area contributed by atoms with Gasteiger partial charge in [0.1, 0.15) is 6.26 Å². The lowest BCUT2D eigenvalue weighted by Gasteiger charge is -2.30. The van der Waals surface area contributed by atoms with E-state index in [-0.39, 0.29) is 0 Å². The van der Waals surface area contributed by atoms with Crippen LogP contribution in [-0.2, 0) is 10.3 Å². The molecular formula is C10H11N3O3. The highest BCUT2D eigenvalue weighted by molar-refractivity contribution is 5.65. The van der Waals surface area contributed by atoms with Gasteiger partial charge in [0.25, 0.3) is 0 Å². The van der Waals surface area contributed by atoms with Gasteiger partial charge in [-0.2, -0.15) is 5.10 Å². The first-order chi connectivity index (χ1) is 7.71. The molecule has 1 aromatic heterocycles. The highest BCUT2D eigenvalue weighted by atomic mass is 16.5. The van der Waals surface area contributed by atoms with E-state index in [9.17, 15) is 4.79 Å².